The van der Waals surface area contributed by atoms with Gasteiger partial charge < -0.3 is 10.6 Å². The Morgan fingerprint density at radius 3 is 2.95 bits per heavy atom. The minimum absolute atomic E-state index is 0.0353. The van der Waals surface area contributed by atoms with Crippen molar-refractivity contribution >= 4 is 23.3 Å². The zero-order valence-corrected chi connectivity index (χ0v) is 14.1. The van der Waals surface area contributed by atoms with Gasteiger partial charge in [0, 0.05) is 18.7 Å². The summed E-state index contributed by atoms with van der Waals surface area (Å²) in [6.07, 6.45) is 4.82. The van der Waals surface area contributed by atoms with Crippen LogP contribution in [0.1, 0.15) is 25.2 Å². The van der Waals surface area contributed by atoms with Crippen LogP contribution in [0.25, 0.3) is 5.65 Å². The predicted molar refractivity (Wildman–Crippen MR) is 90.0 cm³/mol. The maximum Gasteiger partial charge on any atom is 0.224 e. The number of carbonyl (C=O) groups is 1. The Hall–Kier alpha value is -1.60. The number of nitrogens with one attached hydrogen (secondary N) is 2. The molecule has 0 fully saturated rings. The SMILES string of the molecule is CNCC(C)C(=O)NC(CCSC)c1nnc2ccccn12. The van der Waals surface area contributed by atoms with Crippen LogP contribution in [0.3, 0.4) is 0 Å². The first-order valence-corrected chi connectivity index (χ1v) is 8.80. The van der Waals surface area contributed by atoms with Crippen molar-refractivity contribution < 1.29 is 4.79 Å². The van der Waals surface area contributed by atoms with Crippen LogP contribution in [0.4, 0.5) is 0 Å². The van der Waals surface area contributed by atoms with Crippen molar-refractivity contribution in [1.29, 1.82) is 0 Å². The third-order valence-electron chi connectivity index (χ3n) is 3.54. The Balaban J connectivity index is 2.20. The lowest BCUT2D eigenvalue weighted by atomic mass is 10.1. The second-order valence-electron chi connectivity index (χ2n) is 5.29. The molecule has 0 saturated heterocycles. The van der Waals surface area contributed by atoms with E-state index in [1.165, 1.54) is 0 Å². The highest BCUT2D eigenvalue weighted by atomic mass is 32.2. The Labute approximate surface area is 135 Å². The third kappa shape index (κ3) is 3.98. The van der Waals surface area contributed by atoms with Gasteiger partial charge in [0.2, 0.25) is 5.91 Å². The number of fused-ring (bicyclic) bond motifs is 1. The first-order chi connectivity index (χ1) is 10.7. The lowest BCUT2D eigenvalue weighted by molar-refractivity contribution is -0.125. The molecule has 0 aliphatic rings. The van der Waals surface area contributed by atoms with Crippen LogP contribution < -0.4 is 10.6 Å². The van der Waals surface area contributed by atoms with Crippen molar-refractivity contribution in [2.45, 2.75) is 19.4 Å². The summed E-state index contributed by atoms with van der Waals surface area (Å²) in [6.45, 7) is 2.57. The van der Waals surface area contributed by atoms with Gasteiger partial charge in [0.25, 0.3) is 0 Å². The molecule has 2 aromatic rings. The Bertz CT molecular complexity index is 615. The minimum atomic E-state index is -0.128. The largest absolute Gasteiger partial charge is 0.346 e. The smallest absolute Gasteiger partial charge is 0.224 e. The molecule has 0 aromatic carbocycles. The quantitative estimate of drug-likeness (QED) is 0.771. The van der Waals surface area contributed by atoms with Gasteiger partial charge in [-0.05, 0) is 37.6 Å². The van der Waals surface area contributed by atoms with Crippen LogP contribution in [0.2, 0.25) is 0 Å². The summed E-state index contributed by atoms with van der Waals surface area (Å²) < 4.78 is 1.94. The van der Waals surface area contributed by atoms with Crippen molar-refractivity contribution in [2.24, 2.45) is 5.92 Å². The van der Waals surface area contributed by atoms with E-state index in [1.54, 1.807) is 11.8 Å². The molecule has 2 aromatic heterocycles. The van der Waals surface area contributed by atoms with Gasteiger partial charge in [-0.25, -0.2) is 0 Å². The predicted octanol–water partition coefficient (Wildman–Crippen LogP) is 1.50. The van der Waals surface area contributed by atoms with Gasteiger partial charge in [-0.15, -0.1) is 10.2 Å². The van der Waals surface area contributed by atoms with E-state index < -0.39 is 0 Å². The fourth-order valence-electron chi connectivity index (χ4n) is 2.31. The van der Waals surface area contributed by atoms with Crippen molar-refractivity contribution in [3.63, 3.8) is 0 Å². The number of hydrogen-bond acceptors (Lipinski definition) is 5. The summed E-state index contributed by atoms with van der Waals surface area (Å²) in [5, 5.41) is 14.6. The maximum atomic E-state index is 12.3. The molecule has 22 heavy (non-hydrogen) atoms. The van der Waals surface area contributed by atoms with E-state index in [0.717, 1.165) is 23.6 Å². The second-order valence-corrected chi connectivity index (χ2v) is 6.27. The van der Waals surface area contributed by atoms with Gasteiger partial charge in [-0.1, -0.05) is 13.0 Å². The fraction of sp³-hybridized carbons (Fsp3) is 0.533. The van der Waals surface area contributed by atoms with Crippen molar-refractivity contribution in [3.05, 3.63) is 30.2 Å². The number of rotatable bonds is 8. The molecule has 2 rings (SSSR count). The van der Waals surface area contributed by atoms with E-state index in [4.69, 9.17) is 0 Å². The molecular formula is C15H23N5OS. The van der Waals surface area contributed by atoms with Crippen LogP contribution in [0, 0.1) is 5.92 Å². The summed E-state index contributed by atoms with van der Waals surface area (Å²) in [4.78, 5) is 12.3. The molecule has 0 saturated carbocycles. The lowest BCUT2D eigenvalue weighted by Gasteiger charge is -2.19. The number of amides is 1. The Kier molecular flexibility index (Phi) is 6.21. The van der Waals surface area contributed by atoms with E-state index in [-0.39, 0.29) is 17.9 Å². The Morgan fingerprint density at radius 2 is 2.23 bits per heavy atom. The van der Waals surface area contributed by atoms with E-state index >= 15 is 0 Å². The normalized spacial score (nSPS) is 14.0. The van der Waals surface area contributed by atoms with E-state index in [0.29, 0.717) is 6.54 Å². The maximum absolute atomic E-state index is 12.3. The molecule has 7 heteroatoms. The molecule has 0 aliphatic carbocycles. The second kappa shape index (κ2) is 8.14. The molecule has 0 radical (unpaired) electrons. The molecule has 2 heterocycles. The monoisotopic (exact) mass is 321 g/mol. The summed E-state index contributed by atoms with van der Waals surface area (Å²) in [5.41, 5.74) is 0.796. The standard InChI is InChI=1S/C15H23N5OS/c1-11(10-16-2)15(21)17-12(7-9-22-3)14-19-18-13-6-4-5-8-20(13)14/h4-6,8,11-12,16H,7,9-10H2,1-3H3,(H,17,21). The zero-order valence-electron chi connectivity index (χ0n) is 13.2. The Morgan fingerprint density at radius 1 is 1.41 bits per heavy atom. The van der Waals surface area contributed by atoms with Crippen LogP contribution in [-0.4, -0.2) is 46.1 Å². The van der Waals surface area contributed by atoms with E-state index in [9.17, 15) is 4.79 Å². The first-order valence-electron chi connectivity index (χ1n) is 7.41. The number of pyridine rings is 1. The zero-order chi connectivity index (χ0) is 15.9. The highest BCUT2D eigenvalue weighted by Crippen LogP contribution is 2.18. The van der Waals surface area contributed by atoms with E-state index in [2.05, 4.69) is 27.1 Å². The number of thioether (sulfide) groups is 1. The molecule has 1 amide bonds. The van der Waals surface area contributed by atoms with Gasteiger partial charge in [-0.2, -0.15) is 11.8 Å². The number of hydrogen-bond donors (Lipinski definition) is 2. The lowest BCUT2D eigenvalue weighted by Crippen LogP contribution is -2.37. The molecule has 0 bridgehead atoms. The van der Waals surface area contributed by atoms with Gasteiger partial charge in [0.05, 0.1) is 6.04 Å². The summed E-state index contributed by atoms with van der Waals surface area (Å²) in [7, 11) is 1.85. The molecule has 120 valence electrons. The summed E-state index contributed by atoms with van der Waals surface area (Å²) in [6, 6.07) is 5.65. The van der Waals surface area contributed by atoms with Crippen LogP contribution in [0.15, 0.2) is 24.4 Å². The molecule has 0 aliphatic heterocycles. The van der Waals surface area contributed by atoms with Crippen LogP contribution in [0.5, 0.6) is 0 Å². The molecule has 2 unspecified atom stereocenters. The van der Waals surface area contributed by atoms with Gasteiger partial charge >= 0.3 is 0 Å². The van der Waals surface area contributed by atoms with Gasteiger partial charge in [0.1, 0.15) is 0 Å². The molecular weight excluding hydrogens is 298 g/mol. The van der Waals surface area contributed by atoms with Gasteiger partial charge in [0.15, 0.2) is 11.5 Å². The highest BCUT2D eigenvalue weighted by molar-refractivity contribution is 7.98. The van der Waals surface area contributed by atoms with Crippen LogP contribution in [-0.2, 0) is 4.79 Å². The molecule has 6 nitrogen and oxygen atoms in total. The number of aromatic nitrogens is 3. The summed E-state index contributed by atoms with van der Waals surface area (Å²) in [5.74, 6) is 1.69. The highest BCUT2D eigenvalue weighted by Gasteiger charge is 2.22. The molecule has 2 N–H and O–H groups in total. The number of nitrogens with zero attached hydrogens (tertiary/aromatic N) is 3. The van der Waals surface area contributed by atoms with Gasteiger partial charge in [-0.3, -0.25) is 9.20 Å². The number of carbonyl (C=O) groups excluding carboxylic acids is 1. The fourth-order valence-corrected chi connectivity index (χ4v) is 2.78. The average molecular weight is 321 g/mol. The third-order valence-corrected chi connectivity index (χ3v) is 4.18. The topological polar surface area (TPSA) is 71.3 Å². The average Bonchev–Trinajstić information content (AvgIpc) is 2.95. The van der Waals surface area contributed by atoms with Crippen molar-refractivity contribution in [1.82, 2.24) is 25.2 Å². The molecule has 0 spiro atoms. The van der Waals surface area contributed by atoms with E-state index in [1.807, 2.05) is 42.8 Å². The minimum Gasteiger partial charge on any atom is -0.346 e. The summed E-state index contributed by atoms with van der Waals surface area (Å²) >= 11 is 1.76. The van der Waals surface area contributed by atoms with Crippen molar-refractivity contribution in [2.75, 3.05) is 25.6 Å². The van der Waals surface area contributed by atoms with Crippen molar-refractivity contribution in [3.8, 4) is 0 Å². The molecule has 2 atom stereocenters. The van der Waals surface area contributed by atoms with Crippen LogP contribution >= 0.6 is 11.8 Å². The first kappa shape index (κ1) is 16.8.